The molecule has 8 heavy (non-hydrogen) atoms. The highest BCUT2D eigenvalue weighted by atomic mass is 14.0. The molecule has 0 aromatic rings. The third kappa shape index (κ3) is 2.44. The molecule has 1 atom stereocenters. The van der Waals surface area contributed by atoms with E-state index in [9.17, 15) is 0 Å². The zero-order chi connectivity index (χ0) is 6.57. The summed E-state index contributed by atoms with van der Waals surface area (Å²) in [4.78, 5) is 0. The predicted molar refractivity (Wildman–Crippen MR) is 44.6 cm³/mol. The topological polar surface area (TPSA) is 0 Å². The zero-order valence-corrected chi connectivity index (χ0v) is 6.57. The Morgan fingerprint density at radius 2 is 2.00 bits per heavy atom. The van der Waals surface area contributed by atoms with Gasteiger partial charge in [-0.05, 0) is 0 Å². The van der Waals surface area contributed by atoms with Crippen molar-refractivity contribution in [2.24, 2.45) is 5.92 Å². The van der Waals surface area contributed by atoms with E-state index in [-0.39, 0.29) is 0 Å². The van der Waals surface area contributed by atoms with Crippen LogP contribution in [0.5, 0.6) is 0 Å². The molecule has 0 amide bonds. The van der Waals surface area contributed by atoms with Crippen molar-refractivity contribution in [3.8, 4) is 0 Å². The molecule has 2 heteroatoms. The van der Waals surface area contributed by atoms with Crippen molar-refractivity contribution in [3.63, 3.8) is 0 Å². The standard InChI is InChI=1S/C6H16B2/c1-4-6(8-7)5(2)3/h5-6,8H,4,7H2,1-3H3. The van der Waals surface area contributed by atoms with Gasteiger partial charge in [-0.25, -0.2) is 0 Å². The van der Waals surface area contributed by atoms with E-state index in [4.69, 9.17) is 0 Å². The summed E-state index contributed by atoms with van der Waals surface area (Å²) in [6.07, 6.45) is 1.34. The quantitative estimate of drug-likeness (QED) is 0.471. The molecular weight excluding hydrogens is 93.7 g/mol. The molecule has 0 aliphatic rings. The van der Waals surface area contributed by atoms with E-state index in [1.54, 1.807) is 0 Å². The van der Waals surface area contributed by atoms with Gasteiger partial charge in [0, 0.05) is 0 Å². The lowest BCUT2D eigenvalue weighted by atomic mass is 9.44. The minimum Gasteiger partial charge on any atom is -0.0717 e. The summed E-state index contributed by atoms with van der Waals surface area (Å²) in [5, 5.41) is 0. The summed E-state index contributed by atoms with van der Waals surface area (Å²) in [6, 6.07) is 0. The first-order valence-corrected chi connectivity index (χ1v) is 3.72. The summed E-state index contributed by atoms with van der Waals surface area (Å²) in [5.41, 5.74) is 0. The maximum atomic E-state index is 2.30. The number of hydrogen-bond acceptors (Lipinski definition) is 0. The monoisotopic (exact) mass is 110 g/mol. The summed E-state index contributed by atoms with van der Waals surface area (Å²) >= 11 is 0. The largest absolute Gasteiger partial charge is 0.0863 e. The van der Waals surface area contributed by atoms with Crippen LogP contribution < -0.4 is 0 Å². The van der Waals surface area contributed by atoms with Crippen LogP contribution in [0.25, 0.3) is 0 Å². The second kappa shape index (κ2) is 4.05. The van der Waals surface area contributed by atoms with Crippen LogP contribution in [0.15, 0.2) is 0 Å². The fraction of sp³-hybridized carbons (Fsp3) is 1.00. The fourth-order valence-electron chi connectivity index (χ4n) is 1.23. The van der Waals surface area contributed by atoms with Crippen LogP contribution in [-0.4, -0.2) is 14.9 Å². The molecular formula is C6H16B2. The first-order chi connectivity index (χ1) is 3.72. The van der Waals surface area contributed by atoms with Gasteiger partial charge in [-0.15, -0.1) is 0 Å². The third-order valence-corrected chi connectivity index (χ3v) is 1.99. The van der Waals surface area contributed by atoms with E-state index >= 15 is 0 Å². The highest BCUT2D eigenvalue weighted by molar-refractivity contribution is 6.90. The third-order valence-electron chi connectivity index (χ3n) is 1.99. The Hall–Kier alpha value is 0.130. The van der Waals surface area contributed by atoms with Crippen LogP contribution in [0.3, 0.4) is 0 Å². The van der Waals surface area contributed by atoms with Gasteiger partial charge in [0.05, 0.1) is 14.9 Å². The Labute approximate surface area is 54.7 Å². The molecule has 0 bridgehead atoms. The van der Waals surface area contributed by atoms with Crippen molar-refractivity contribution >= 4 is 14.9 Å². The summed E-state index contributed by atoms with van der Waals surface area (Å²) in [5.74, 6) is 1.83. The highest BCUT2D eigenvalue weighted by Crippen LogP contribution is 2.18. The SMILES string of the molecule is BBC(CC)C(C)C. The van der Waals surface area contributed by atoms with Crippen molar-refractivity contribution in [3.05, 3.63) is 0 Å². The van der Waals surface area contributed by atoms with Gasteiger partial charge in [-0.3, -0.25) is 0 Å². The van der Waals surface area contributed by atoms with Crippen molar-refractivity contribution in [2.45, 2.75) is 33.0 Å². The van der Waals surface area contributed by atoms with Crippen LogP contribution >= 0.6 is 0 Å². The van der Waals surface area contributed by atoms with Gasteiger partial charge in [-0.2, -0.15) is 0 Å². The molecule has 0 N–H and O–H groups in total. The van der Waals surface area contributed by atoms with E-state index in [1.807, 2.05) is 0 Å². The van der Waals surface area contributed by atoms with E-state index in [0.29, 0.717) is 0 Å². The number of rotatable bonds is 3. The molecule has 0 radical (unpaired) electrons. The minimum absolute atomic E-state index is 0.880. The molecule has 0 aromatic heterocycles. The summed E-state index contributed by atoms with van der Waals surface area (Å²) in [7, 11) is 3.61. The maximum Gasteiger partial charge on any atom is 0.0863 e. The molecule has 1 unspecified atom stereocenters. The molecule has 0 rings (SSSR count). The van der Waals surface area contributed by atoms with Crippen LogP contribution in [0, 0.1) is 5.92 Å². The molecule has 0 aliphatic heterocycles. The molecule has 0 nitrogen and oxygen atoms in total. The Morgan fingerprint density at radius 1 is 1.50 bits per heavy atom. The van der Waals surface area contributed by atoms with Gasteiger partial charge < -0.3 is 0 Å². The average molecular weight is 110 g/mol. The first-order valence-electron chi connectivity index (χ1n) is 3.72. The Morgan fingerprint density at radius 3 is 2.00 bits per heavy atom. The van der Waals surface area contributed by atoms with E-state index in [1.165, 1.54) is 13.6 Å². The van der Waals surface area contributed by atoms with Crippen LogP contribution in [-0.2, 0) is 0 Å². The smallest absolute Gasteiger partial charge is 0.0717 e. The van der Waals surface area contributed by atoms with Crippen molar-refractivity contribution < 1.29 is 0 Å². The first kappa shape index (κ1) is 8.13. The molecule has 0 heterocycles. The van der Waals surface area contributed by atoms with Crippen LogP contribution in [0.2, 0.25) is 5.82 Å². The molecule has 0 saturated carbocycles. The Balaban J connectivity index is 3.35. The molecule has 0 fully saturated rings. The molecule has 46 valence electrons. The van der Waals surface area contributed by atoms with E-state index in [2.05, 4.69) is 28.5 Å². The van der Waals surface area contributed by atoms with Gasteiger partial charge in [-0.1, -0.05) is 38.9 Å². The minimum atomic E-state index is 0.880. The lowest BCUT2D eigenvalue weighted by Crippen LogP contribution is -2.08. The molecule has 0 aromatic carbocycles. The van der Waals surface area contributed by atoms with Crippen molar-refractivity contribution in [2.75, 3.05) is 0 Å². The van der Waals surface area contributed by atoms with Gasteiger partial charge in [0.15, 0.2) is 0 Å². The second-order valence-corrected chi connectivity index (χ2v) is 2.82. The Bertz CT molecular complexity index is 48.5. The van der Waals surface area contributed by atoms with Crippen LogP contribution in [0.4, 0.5) is 0 Å². The van der Waals surface area contributed by atoms with Crippen LogP contribution in [0.1, 0.15) is 27.2 Å². The summed E-state index contributed by atoms with van der Waals surface area (Å²) in [6.45, 7) is 6.88. The van der Waals surface area contributed by atoms with E-state index < -0.39 is 0 Å². The van der Waals surface area contributed by atoms with Gasteiger partial charge >= 0.3 is 0 Å². The van der Waals surface area contributed by atoms with Crippen molar-refractivity contribution in [1.29, 1.82) is 0 Å². The lowest BCUT2D eigenvalue weighted by Gasteiger charge is -2.14. The molecule has 0 saturated heterocycles. The molecule has 0 aliphatic carbocycles. The zero-order valence-electron chi connectivity index (χ0n) is 6.57. The van der Waals surface area contributed by atoms with E-state index in [0.717, 1.165) is 11.7 Å². The fourth-order valence-corrected chi connectivity index (χ4v) is 1.23. The maximum absolute atomic E-state index is 2.30. The predicted octanol–water partition coefficient (Wildman–Crippen LogP) is 0.825. The van der Waals surface area contributed by atoms with Gasteiger partial charge in [0.2, 0.25) is 0 Å². The molecule has 0 spiro atoms. The van der Waals surface area contributed by atoms with Gasteiger partial charge in [0.25, 0.3) is 0 Å². The van der Waals surface area contributed by atoms with Crippen molar-refractivity contribution in [1.82, 2.24) is 0 Å². The average Bonchev–Trinajstić information content (AvgIpc) is 1.69. The van der Waals surface area contributed by atoms with Gasteiger partial charge in [0.1, 0.15) is 0 Å². The highest BCUT2D eigenvalue weighted by Gasteiger charge is 2.07. The lowest BCUT2D eigenvalue weighted by molar-refractivity contribution is 0.573. The summed E-state index contributed by atoms with van der Waals surface area (Å²) < 4.78 is 0. The number of hydrogen-bond donors (Lipinski definition) is 0. The normalized spacial score (nSPS) is 14.0. The Kier molecular flexibility index (Phi) is 4.12. The second-order valence-electron chi connectivity index (χ2n) is 2.82.